The minimum Gasteiger partial charge on any atom is -0.347 e. The molecule has 4 heteroatoms. The van der Waals surface area contributed by atoms with Crippen LogP contribution in [-0.2, 0) is 11.3 Å². The molecule has 0 saturated heterocycles. The maximum Gasteiger partial charge on any atom is 0.238 e. The number of likely N-dealkylation sites (N-methyl/N-ethyl adjacent to an activating group) is 1. The van der Waals surface area contributed by atoms with Crippen molar-refractivity contribution in [2.24, 2.45) is 0 Å². The maximum absolute atomic E-state index is 11.6. The molecule has 3 nitrogen and oxygen atoms in total. The Labute approximate surface area is 105 Å². The fourth-order valence-electron chi connectivity index (χ4n) is 1.35. The molecule has 0 bridgehead atoms. The van der Waals surface area contributed by atoms with Crippen LogP contribution in [0, 0.1) is 0 Å². The average Bonchev–Trinajstić information content (AvgIpc) is 2.26. The van der Waals surface area contributed by atoms with Crippen LogP contribution in [0.4, 0.5) is 0 Å². The van der Waals surface area contributed by atoms with Gasteiger partial charge in [-0.1, -0.05) is 28.1 Å². The molecule has 0 aliphatic heterocycles. The van der Waals surface area contributed by atoms with Gasteiger partial charge in [0.15, 0.2) is 0 Å². The third-order valence-electron chi connectivity index (χ3n) is 2.34. The summed E-state index contributed by atoms with van der Waals surface area (Å²) >= 11 is 3.39. The monoisotopic (exact) mass is 284 g/mol. The Hall–Kier alpha value is -0.870. The van der Waals surface area contributed by atoms with E-state index in [1.165, 1.54) is 5.56 Å². The van der Waals surface area contributed by atoms with E-state index in [2.05, 4.69) is 21.2 Å². The van der Waals surface area contributed by atoms with Crippen LogP contribution in [-0.4, -0.2) is 30.9 Å². The third-order valence-corrected chi connectivity index (χ3v) is 2.87. The van der Waals surface area contributed by atoms with E-state index in [9.17, 15) is 4.79 Å². The second-order valence-corrected chi connectivity index (χ2v) is 4.88. The van der Waals surface area contributed by atoms with Gasteiger partial charge in [-0.05, 0) is 24.6 Å². The number of carbonyl (C=O) groups is 1. The van der Waals surface area contributed by atoms with E-state index < -0.39 is 0 Å². The number of amides is 1. The van der Waals surface area contributed by atoms with Gasteiger partial charge in [-0.15, -0.1) is 0 Å². The SMILES string of the molecule is CC(NCc1ccc(Br)cc1)C(=O)N(C)C. The fourth-order valence-corrected chi connectivity index (χ4v) is 1.61. The zero-order chi connectivity index (χ0) is 12.1. The minimum absolute atomic E-state index is 0.0945. The van der Waals surface area contributed by atoms with Gasteiger partial charge >= 0.3 is 0 Å². The molecule has 1 amide bonds. The number of benzene rings is 1. The van der Waals surface area contributed by atoms with Crippen LogP contribution in [0.15, 0.2) is 28.7 Å². The Kier molecular flexibility index (Phi) is 4.96. The molecule has 16 heavy (non-hydrogen) atoms. The minimum atomic E-state index is -0.154. The Balaban J connectivity index is 2.45. The van der Waals surface area contributed by atoms with Gasteiger partial charge in [-0.25, -0.2) is 0 Å². The molecule has 88 valence electrons. The highest BCUT2D eigenvalue weighted by Gasteiger charge is 2.13. The predicted molar refractivity (Wildman–Crippen MR) is 69.1 cm³/mol. The van der Waals surface area contributed by atoms with Gasteiger partial charge in [0, 0.05) is 25.1 Å². The number of nitrogens with one attached hydrogen (secondary N) is 1. The van der Waals surface area contributed by atoms with Gasteiger partial charge in [-0.3, -0.25) is 4.79 Å². The molecular formula is C12H17BrN2O. The molecule has 0 saturated carbocycles. The van der Waals surface area contributed by atoms with Gasteiger partial charge in [0.05, 0.1) is 6.04 Å². The summed E-state index contributed by atoms with van der Waals surface area (Å²) in [6.07, 6.45) is 0. The zero-order valence-corrected chi connectivity index (χ0v) is 11.4. The lowest BCUT2D eigenvalue weighted by Crippen LogP contribution is -2.41. The Morgan fingerprint density at radius 3 is 2.44 bits per heavy atom. The smallest absolute Gasteiger partial charge is 0.238 e. The number of halogens is 1. The van der Waals surface area contributed by atoms with Gasteiger partial charge < -0.3 is 10.2 Å². The largest absolute Gasteiger partial charge is 0.347 e. The first-order valence-electron chi connectivity index (χ1n) is 5.19. The van der Waals surface area contributed by atoms with Crippen molar-refractivity contribution in [3.8, 4) is 0 Å². The zero-order valence-electron chi connectivity index (χ0n) is 9.83. The van der Waals surface area contributed by atoms with Crippen molar-refractivity contribution in [1.82, 2.24) is 10.2 Å². The van der Waals surface area contributed by atoms with E-state index in [4.69, 9.17) is 0 Å². The van der Waals surface area contributed by atoms with E-state index in [1.807, 2.05) is 31.2 Å². The molecular weight excluding hydrogens is 268 g/mol. The van der Waals surface area contributed by atoms with Crippen molar-refractivity contribution in [1.29, 1.82) is 0 Å². The lowest BCUT2D eigenvalue weighted by molar-refractivity contribution is -0.130. The molecule has 1 N–H and O–H groups in total. The quantitative estimate of drug-likeness (QED) is 0.918. The van der Waals surface area contributed by atoms with Crippen molar-refractivity contribution in [3.05, 3.63) is 34.3 Å². The van der Waals surface area contributed by atoms with E-state index in [0.717, 1.165) is 4.47 Å². The average molecular weight is 285 g/mol. The molecule has 1 aromatic rings. The van der Waals surface area contributed by atoms with Gasteiger partial charge in [0.25, 0.3) is 0 Å². The third kappa shape index (κ3) is 3.94. The number of hydrogen-bond donors (Lipinski definition) is 1. The fraction of sp³-hybridized carbons (Fsp3) is 0.417. The van der Waals surface area contributed by atoms with Gasteiger partial charge in [0.2, 0.25) is 5.91 Å². The summed E-state index contributed by atoms with van der Waals surface area (Å²) < 4.78 is 1.06. The van der Waals surface area contributed by atoms with Crippen molar-refractivity contribution in [2.45, 2.75) is 19.5 Å². The summed E-state index contributed by atoms with van der Waals surface area (Å²) in [5.41, 5.74) is 1.17. The van der Waals surface area contributed by atoms with E-state index >= 15 is 0 Å². The first kappa shape index (κ1) is 13.2. The summed E-state index contributed by atoms with van der Waals surface area (Å²) in [5.74, 6) is 0.0945. The van der Waals surface area contributed by atoms with Crippen molar-refractivity contribution in [2.75, 3.05) is 14.1 Å². The van der Waals surface area contributed by atoms with E-state index in [0.29, 0.717) is 6.54 Å². The summed E-state index contributed by atoms with van der Waals surface area (Å²) in [6.45, 7) is 2.58. The maximum atomic E-state index is 11.6. The van der Waals surface area contributed by atoms with E-state index in [-0.39, 0.29) is 11.9 Å². The molecule has 0 aliphatic carbocycles. The Bertz CT molecular complexity index is 349. The Morgan fingerprint density at radius 2 is 1.94 bits per heavy atom. The molecule has 0 aliphatic rings. The second kappa shape index (κ2) is 6.01. The van der Waals surface area contributed by atoms with Crippen LogP contribution >= 0.6 is 15.9 Å². The predicted octanol–water partition coefficient (Wildman–Crippen LogP) is 2.02. The first-order chi connectivity index (χ1) is 7.50. The Morgan fingerprint density at radius 1 is 1.38 bits per heavy atom. The van der Waals surface area contributed by atoms with Crippen molar-refractivity contribution >= 4 is 21.8 Å². The molecule has 1 aromatic carbocycles. The van der Waals surface area contributed by atoms with Crippen molar-refractivity contribution < 1.29 is 4.79 Å². The molecule has 1 atom stereocenters. The van der Waals surface area contributed by atoms with Crippen LogP contribution in [0.1, 0.15) is 12.5 Å². The van der Waals surface area contributed by atoms with Crippen LogP contribution in [0.25, 0.3) is 0 Å². The molecule has 0 heterocycles. The summed E-state index contributed by atoms with van der Waals surface area (Å²) in [4.78, 5) is 13.2. The van der Waals surface area contributed by atoms with E-state index in [1.54, 1.807) is 19.0 Å². The van der Waals surface area contributed by atoms with Crippen LogP contribution in [0.5, 0.6) is 0 Å². The molecule has 0 spiro atoms. The summed E-state index contributed by atoms with van der Waals surface area (Å²) in [5, 5.41) is 3.19. The number of carbonyl (C=O) groups excluding carboxylic acids is 1. The normalized spacial score (nSPS) is 12.2. The standard InChI is InChI=1S/C12H17BrN2O/c1-9(12(16)15(2)3)14-8-10-4-6-11(13)7-5-10/h4-7,9,14H,8H2,1-3H3. The highest BCUT2D eigenvalue weighted by molar-refractivity contribution is 9.10. The van der Waals surface area contributed by atoms with Gasteiger partial charge in [0.1, 0.15) is 0 Å². The summed E-state index contributed by atoms with van der Waals surface area (Å²) in [7, 11) is 3.53. The molecule has 0 fully saturated rings. The summed E-state index contributed by atoms with van der Waals surface area (Å²) in [6, 6.07) is 7.90. The topological polar surface area (TPSA) is 32.3 Å². The number of hydrogen-bond acceptors (Lipinski definition) is 2. The molecule has 1 rings (SSSR count). The molecule has 1 unspecified atom stereocenters. The first-order valence-corrected chi connectivity index (χ1v) is 5.99. The number of nitrogens with zero attached hydrogens (tertiary/aromatic N) is 1. The lowest BCUT2D eigenvalue weighted by Gasteiger charge is -2.18. The van der Waals surface area contributed by atoms with Crippen LogP contribution in [0.2, 0.25) is 0 Å². The highest BCUT2D eigenvalue weighted by Crippen LogP contribution is 2.10. The highest BCUT2D eigenvalue weighted by atomic mass is 79.9. The number of rotatable bonds is 4. The lowest BCUT2D eigenvalue weighted by atomic mass is 10.2. The van der Waals surface area contributed by atoms with Crippen molar-refractivity contribution in [3.63, 3.8) is 0 Å². The second-order valence-electron chi connectivity index (χ2n) is 3.96. The molecule has 0 aromatic heterocycles. The van der Waals surface area contributed by atoms with Crippen LogP contribution < -0.4 is 5.32 Å². The van der Waals surface area contributed by atoms with Crippen LogP contribution in [0.3, 0.4) is 0 Å². The molecule has 0 radical (unpaired) electrons. The van der Waals surface area contributed by atoms with Gasteiger partial charge in [-0.2, -0.15) is 0 Å².